The Morgan fingerprint density at radius 3 is 2.41 bits per heavy atom. The van der Waals surface area contributed by atoms with Gasteiger partial charge in [-0.15, -0.1) is 13.2 Å². The van der Waals surface area contributed by atoms with Crippen LogP contribution >= 0.6 is 15.9 Å². The van der Waals surface area contributed by atoms with E-state index in [2.05, 4.69) is 25.7 Å². The SMILES string of the molecule is NCc1cc(C(F)F)nc(Br)c1OC(F)(F)F. The third-order valence-corrected chi connectivity index (χ3v) is 2.23. The van der Waals surface area contributed by atoms with Crippen molar-refractivity contribution in [3.8, 4) is 5.75 Å². The molecule has 3 nitrogen and oxygen atoms in total. The smallest absolute Gasteiger partial charge is 0.403 e. The van der Waals surface area contributed by atoms with E-state index in [1.165, 1.54) is 0 Å². The van der Waals surface area contributed by atoms with E-state index in [-0.39, 0.29) is 12.1 Å². The van der Waals surface area contributed by atoms with Crippen LogP contribution in [-0.4, -0.2) is 11.3 Å². The lowest BCUT2D eigenvalue weighted by Gasteiger charge is -2.14. The molecule has 1 aromatic heterocycles. The Hall–Kier alpha value is -0.960. The quantitative estimate of drug-likeness (QED) is 0.687. The van der Waals surface area contributed by atoms with Crippen LogP contribution < -0.4 is 10.5 Å². The topological polar surface area (TPSA) is 48.1 Å². The molecule has 0 amide bonds. The predicted octanol–water partition coefficient (Wildman–Crippen LogP) is 3.14. The number of hydrogen-bond donors (Lipinski definition) is 1. The van der Waals surface area contributed by atoms with Crippen molar-refractivity contribution in [2.75, 3.05) is 0 Å². The number of aromatic nitrogens is 1. The maximum absolute atomic E-state index is 12.3. The molecule has 1 heterocycles. The van der Waals surface area contributed by atoms with E-state index in [4.69, 9.17) is 5.73 Å². The number of nitrogens with zero attached hydrogens (tertiary/aromatic N) is 1. The van der Waals surface area contributed by atoms with Crippen molar-refractivity contribution in [1.29, 1.82) is 0 Å². The van der Waals surface area contributed by atoms with Gasteiger partial charge < -0.3 is 10.5 Å². The molecule has 0 saturated heterocycles. The van der Waals surface area contributed by atoms with Crippen molar-refractivity contribution in [3.05, 3.63) is 21.9 Å². The van der Waals surface area contributed by atoms with E-state index >= 15 is 0 Å². The number of pyridine rings is 1. The fourth-order valence-electron chi connectivity index (χ4n) is 1.06. The minimum atomic E-state index is -4.94. The summed E-state index contributed by atoms with van der Waals surface area (Å²) in [5, 5.41) is 0. The Kier molecular flexibility index (Phi) is 4.26. The van der Waals surface area contributed by atoms with Crippen molar-refractivity contribution in [2.45, 2.75) is 19.3 Å². The zero-order chi connectivity index (χ0) is 13.2. The molecule has 0 aliphatic heterocycles. The molecule has 17 heavy (non-hydrogen) atoms. The highest BCUT2D eigenvalue weighted by Crippen LogP contribution is 2.34. The van der Waals surface area contributed by atoms with Crippen LogP contribution in [0.2, 0.25) is 0 Å². The first kappa shape index (κ1) is 14.1. The van der Waals surface area contributed by atoms with Crippen molar-refractivity contribution in [3.63, 3.8) is 0 Å². The molecule has 9 heteroatoms. The maximum Gasteiger partial charge on any atom is 0.573 e. The van der Waals surface area contributed by atoms with E-state index in [9.17, 15) is 22.0 Å². The van der Waals surface area contributed by atoms with E-state index in [0.29, 0.717) is 0 Å². The zero-order valence-corrected chi connectivity index (χ0v) is 9.65. The summed E-state index contributed by atoms with van der Waals surface area (Å²) in [6.07, 6.45) is -7.85. The second-order valence-corrected chi connectivity index (χ2v) is 3.63. The molecule has 0 saturated carbocycles. The van der Waals surface area contributed by atoms with Crippen molar-refractivity contribution in [1.82, 2.24) is 4.98 Å². The van der Waals surface area contributed by atoms with E-state index in [0.717, 1.165) is 6.07 Å². The van der Waals surface area contributed by atoms with Gasteiger partial charge in [0, 0.05) is 12.1 Å². The lowest BCUT2D eigenvalue weighted by molar-refractivity contribution is -0.275. The fourth-order valence-corrected chi connectivity index (χ4v) is 1.60. The average Bonchev–Trinajstić information content (AvgIpc) is 2.18. The van der Waals surface area contributed by atoms with Gasteiger partial charge in [-0.05, 0) is 22.0 Å². The summed E-state index contributed by atoms with van der Waals surface area (Å²) in [5.41, 5.74) is 4.28. The van der Waals surface area contributed by atoms with Crippen LogP contribution in [0.25, 0.3) is 0 Å². The summed E-state index contributed by atoms with van der Waals surface area (Å²) in [4.78, 5) is 3.25. The molecule has 0 unspecified atom stereocenters. The lowest BCUT2D eigenvalue weighted by atomic mass is 10.2. The molecule has 0 fully saturated rings. The van der Waals surface area contributed by atoms with E-state index in [1.807, 2.05) is 0 Å². The highest BCUT2D eigenvalue weighted by atomic mass is 79.9. The predicted molar refractivity (Wildman–Crippen MR) is 51.5 cm³/mol. The average molecular weight is 321 g/mol. The first-order chi connectivity index (χ1) is 7.74. The summed E-state index contributed by atoms with van der Waals surface area (Å²) >= 11 is 2.63. The van der Waals surface area contributed by atoms with Gasteiger partial charge in [-0.1, -0.05) is 0 Å². The number of hydrogen-bond acceptors (Lipinski definition) is 3. The van der Waals surface area contributed by atoms with Crippen molar-refractivity contribution in [2.24, 2.45) is 5.73 Å². The first-order valence-corrected chi connectivity index (χ1v) is 4.97. The third-order valence-electron chi connectivity index (χ3n) is 1.69. The van der Waals surface area contributed by atoms with Gasteiger partial charge >= 0.3 is 6.36 Å². The second kappa shape index (κ2) is 5.13. The Morgan fingerprint density at radius 2 is 2.00 bits per heavy atom. The molecule has 0 aromatic carbocycles. The number of alkyl halides is 5. The Bertz CT molecular complexity index is 410. The zero-order valence-electron chi connectivity index (χ0n) is 8.06. The number of ether oxygens (including phenoxy) is 1. The summed E-state index contributed by atoms with van der Waals surface area (Å²) in [5.74, 6) is -0.704. The molecule has 0 aliphatic carbocycles. The van der Waals surface area contributed by atoms with Gasteiger partial charge in [0.05, 0.1) is 0 Å². The highest BCUT2D eigenvalue weighted by molar-refractivity contribution is 9.10. The molecule has 0 bridgehead atoms. The van der Waals surface area contributed by atoms with Crippen LogP contribution in [0, 0.1) is 0 Å². The van der Waals surface area contributed by atoms with Crippen LogP contribution in [-0.2, 0) is 6.54 Å². The maximum atomic E-state index is 12.3. The van der Waals surface area contributed by atoms with Gasteiger partial charge in [0.25, 0.3) is 6.43 Å². The van der Waals surface area contributed by atoms with Crippen LogP contribution in [0.1, 0.15) is 17.7 Å². The van der Waals surface area contributed by atoms with Gasteiger partial charge in [-0.3, -0.25) is 0 Å². The van der Waals surface area contributed by atoms with E-state index in [1.54, 1.807) is 0 Å². The largest absolute Gasteiger partial charge is 0.573 e. The molecule has 0 spiro atoms. The monoisotopic (exact) mass is 320 g/mol. The standard InChI is InChI=1S/C8H6BrF5N2O/c9-6-5(17-8(12,13)14)3(2-15)1-4(16-6)7(10)11/h1,7H,2,15H2. The molecule has 0 atom stereocenters. The number of rotatable bonds is 3. The van der Waals surface area contributed by atoms with Gasteiger partial charge in [-0.25, -0.2) is 13.8 Å². The third kappa shape index (κ3) is 3.77. The summed E-state index contributed by atoms with van der Waals surface area (Å²) in [6.45, 7) is -0.383. The molecule has 1 aromatic rings. The van der Waals surface area contributed by atoms with Crippen molar-refractivity contribution < 1.29 is 26.7 Å². The summed E-state index contributed by atoms with van der Waals surface area (Å²) in [7, 11) is 0. The second-order valence-electron chi connectivity index (χ2n) is 2.88. The van der Waals surface area contributed by atoms with Crippen LogP contribution in [0.5, 0.6) is 5.75 Å². The number of halogens is 6. The highest BCUT2D eigenvalue weighted by Gasteiger charge is 2.33. The molecular formula is C8H6BrF5N2O. The Labute approximate surface area is 101 Å². The Morgan fingerprint density at radius 1 is 1.41 bits per heavy atom. The minimum Gasteiger partial charge on any atom is -0.403 e. The van der Waals surface area contributed by atoms with Gasteiger partial charge in [0.1, 0.15) is 10.3 Å². The minimum absolute atomic E-state index is 0.209. The summed E-state index contributed by atoms with van der Waals surface area (Å²) in [6, 6.07) is 0.774. The molecule has 0 radical (unpaired) electrons. The fraction of sp³-hybridized carbons (Fsp3) is 0.375. The van der Waals surface area contributed by atoms with Crippen LogP contribution in [0.15, 0.2) is 10.7 Å². The normalized spacial score (nSPS) is 12.0. The molecule has 1 rings (SSSR count). The summed E-state index contributed by atoms with van der Waals surface area (Å²) < 4.78 is 64.0. The van der Waals surface area contributed by atoms with E-state index < -0.39 is 28.8 Å². The molecule has 96 valence electrons. The van der Waals surface area contributed by atoms with Crippen LogP contribution in [0.4, 0.5) is 22.0 Å². The van der Waals surface area contributed by atoms with Gasteiger partial charge in [0.15, 0.2) is 5.75 Å². The number of nitrogens with two attached hydrogens (primary N) is 1. The van der Waals surface area contributed by atoms with Gasteiger partial charge in [-0.2, -0.15) is 0 Å². The van der Waals surface area contributed by atoms with Gasteiger partial charge in [0.2, 0.25) is 0 Å². The molecule has 0 aliphatic rings. The molecular weight excluding hydrogens is 315 g/mol. The lowest BCUT2D eigenvalue weighted by Crippen LogP contribution is -2.19. The Balaban J connectivity index is 3.21. The van der Waals surface area contributed by atoms with Crippen LogP contribution in [0.3, 0.4) is 0 Å². The van der Waals surface area contributed by atoms with Crippen molar-refractivity contribution >= 4 is 15.9 Å². The first-order valence-electron chi connectivity index (χ1n) is 4.18. The molecule has 2 N–H and O–H groups in total.